The van der Waals surface area contributed by atoms with Gasteiger partial charge in [-0.05, 0) is 18.2 Å². The molecule has 2 aromatic heterocycles. The van der Waals surface area contributed by atoms with E-state index in [0.717, 1.165) is 17.0 Å². The smallest absolute Gasteiger partial charge is 0.322 e. The number of carbonyl (C=O) groups excluding carboxylic acids is 1. The number of fused-ring (bicyclic) bond motifs is 1. The minimum absolute atomic E-state index is 0.282. The summed E-state index contributed by atoms with van der Waals surface area (Å²) in [5.41, 5.74) is 2.86. The van der Waals surface area contributed by atoms with Gasteiger partial charge >= 0.3 is 6.03 Å². The topological polar surface area (TPSA) is 99.9 Å². The second-order valence-electron chi connectivity index (χ2n) is 6.94. The third kappa shape index (κ3) is 3.41. The summed E-state index contributed by atoms with van der Waals surface area (Å²) in [5, 5.41) is 6.81. The number of hydrogen-bond acceptors (Lipinski definition) is 5. The van der Waals surface area contributed by atoms with Crippen molar-refractivity contribution >= 4 is 11.7 Å². The molecule has 0 saturated heterocycles. The Bertz CT molecular complexity index is 1190. The van der Waals surface area contributed by atoms with Crippen LogP contribution in [0.15, 0.2) is 65.4 Å². The number of rotatable bonds is 3. The molecular weight excluding hydrogens is 387 g/mol. The highest BCUT2D eigenvalue weighted by molar-refractivity contribution is 5.89. The molecule has 2 aromatic carbocycles. The summed E-state index contributed by atoms with van der Waals surface area (Å²) in [5.74, 6) is 0.337. The molecule has 1 aliphatic rings. The van der Waals surface area contributed by atoms with Gasteiger partial charge < -0.3 is 19.7 Å². The Hall–Kier alpha value is -4.01. The maximum absolute atomic E-state index is 13.5. The molecule has 8 nitrogen and oxygen atoms in total. The van der Waals surface area contributed by atoms with Crippen LogP contribution in [0, 0.1) is 5.82 Å². The second kappa shape index (κ2) is 7.43. The molecule has 4 aromatic rings. The molecule has 1 aliphatic heterocycles. The molecule has 9 heteroatoms. The molecule has 150 valence electrons. The van der Waals surface area contributed by atoms with E-state index in [4.69, 9.17) is 4.52 Å². The Kier molecular flexibility index (Phi) is 4.47. The van der Waals surface area contributed by atoms with Crippen LogP contribution in [0.3, 0.4) is 0 Å². The number of aromatic amines is 1. The standard InChI is InChI=1S/C21H17FN6O2/c22-14-7-4-8-15(9-14)25-21(29)28-11-17-16(23-12-24-17)10-18(28)20-26-19(27-30-20)13-5-2-1-3-6-13/h1-9,12,18H,10-11H2,(H,23,24)(H,25,29). The number of H-pyrrole nitrogens is 1. The van der Waals surface area contributed by atoms with Crippen molar-refractivity contribution in [2.75, 3.05) is 5.32 Å². The third-order valence-electron chi connectivity index (χ3n) is 4.99. The van der Waals surface area contributed by atoms with E-state index in [1.807, 2.05) is 30.3 Å². The Balaban J connectivity index is 1.45. The van der Waals surface area contributed by atoms with E-state index in [2.05, 4.69) is 25.4 Å². The van der Waals surface area contributed by atoms with Crippen LogP contribution >= 0.6 is 0 Å². The molecular formula is C21H17FN6O2. The minimum Gasteiger partial charge on any atom is -0.347 e. The highest BCUT2D eigenvalue weighted by Gasteiger charge is 2.36. The van der Waals surface area contributed by atoms with E-state index in [-0.39, 0.29) is 6.54 Å². The lowest BCUT2D eigenvalue weighted by Crippen LogP contribution is -2.41. The van der Waals surface area contributed by atoms with Crippen LogP contribution in [-0.4, -0.2) is 31.0 Å². The van der Waals surface area contributed by atoms with Gasteiger partial charge in [-0.1, -0.05) is 41.6 Å². The molecule has 1 atom stereocenters. The van der Waals surface area contributed by atoms with E-state index in [1.165, 1.54) is 18.2 Å². The molecule has 0 fully saturated rings. The maximum Gasteiger partial charge on any atom is 0.322 e. The summed E-state index contributed by atoms with van der Waals surface area (Å²) >= 11 is 0. The van der Waals surface area contributed by atoms with Gasteiger partial charge in [0.05, 0.1) is 24.3 Å². The number of nitrogens with zero attached hydrogens (tertiary/aromatic N) is 4. The van der Waals surface area contributed by atoms with Gasteiger partial charge in [0.1, 0.15) is 11.9 Å². The number of halogens is 1. The van der Waals surface area contributed by atoms with Crippen molar-refractivity contribution in [3.8, 4) is 11.4 Å². The van der Waals surface area contributed by atoms with Gasteiger partial charge in [0.25, 0.3) is 0 Å². The molecule has 5 rings (SSSR count). The highest BCUT2D eigenvalue weighted by Crippen LogP contribution is 2.32. The third-order valence-corrected chi connectivity index (χ3v) is 4.99. The van der Waals surface area contributed by atoms with Gasteiger partial charge in [-0.15, -0.1) is 0 Å². The van der Waals surface area contributed by atoms with Crippen molar-refractivity contribution in [3.05, 3.63) is 84.0 Å². The van der Waals surface area contributed by atoms with Crippen LogP contribution in [0.5, 0.6) is 0 Å². The SMILES string of the molecule is O=C(Nc1cccc(F)c1)N1Cc2[nH]cnc2CC1c1nc(-c2ccccc2)no1. The van der Waals surface area contributed by atoms with E-state index in [0.29, 0.717) is 23.8 Å². The number of urea groups is 1. The van der Waals surface area contributed by atoms with Gasteiger partial charge in [0.2, 0.25) is 11.7 Å². The summed E-state index contributed by atoms with van der Waals surface area (Å²) in [6.07, 6.45) is 2.02. The number of benzene rings is 2. The number of aromatic nitrogens is 4. The van der Waals surface area contributed by atoms with Crippen LogP contribution in [0.25, 0.3) is 11.4 Å². The largest absolute Gasteiger partial charge is 0.347 e. The summed E-state index contributed by atoms with van der Waals surface area (Å²) in [4.78, 5) is 26.5. The summed E-state index contributed by atoms with van der Waals surface area (Å²) in [6, 6.07) is 14.3. The van der Waals surface area contributed by atoms with Crippen LogP contribution < -0.4 is 5.32 Å². The molecule has 0 spiro atoms. The van der Waals surface area contributed by atoms with Gasteiger partial charge in [-0.2, -0.15) is 4.98 Å². The van der Waals surface area contributed by atoms with Crippen molar-refractivity contribution in [1.82, 2.24) is 25.0 Å². The zero-order chi connectivity index (χ0) is 20.5. The monoisotopic (exact) mass is 404 g/mol. The van der Waals surface area contributed by atoms with Crippen molar-refractivity contribution in [2.24, 2.45) is 0 Å². The van der Waals surface area contributed by atoms with Gasteiger partial charge in [-0.3, -0.25) is 0 Å². The zero-order valence-electron chi connectivity index (χ0n) is 15.7. The maximum atomic E-state index is 13.5. The quantitative estimate of drug-likeness (QED) is 0.539. The van der Waals surface area contributed by atoms with E-state index < -0.39 is 17.9 Å². The minimum atomic E-state index is -0.501. The number of imidazole rings is 1. The molecule has 30 heavy (non-hydrogen) atoms. The number of amides is 2. The van der Waals surface area contributed by atoms with Crippen molar-refractivity contribution < 1.29 is 13.7 Å². The normalized spacial score (nSPS) is 15.6. The predicted molar refractivity (Wildman–Crippen MR) is 106 cm³/mol. The lowest BCUT2D eigenvalue weighted by molar-refractivity contribution is 0.155. The molecule has 2 N–H and O–H groups in total. The zero-order valence-corrected chi connectivity index (χ0v) is 15.7. The number of nitrogens with one attached hydrogen (secondary N) is 2. The molecule has 0 aliphatic carbocycles. The average Bonchev–Trinajstić information content (AvgIpc) is 3.43. The Labute approximate surface area is 170 Å². The average molecular weight is 404 g/mol. The summed E-state index contributed by atoms with van der Waals surface area (Å²) in [6.45, 7) is 0.282. The van der Waals surface area contributed by atoms with Gasteiger partial charge in [0.15, 0.2) is 0 Å². The van der Waals surface area contributed by atoms with Crippen LogP contribution in [0.4, 0.5) is 14.9 Å². The Morgan fingerprint density at radius 1 is 1.20 bits per heavy atom. The molecule has 1 unspecified atom stereocenters. The van der Waals surface area contributed by atoms with Crippen molar-refractivity contribution in [3.63, 3.8) is 0 Å². The number of hydrogen-bond donors (Lipinski definition) is 2. The Morgan fingerprint density at radius 2 is 2.07 bits per heavy atom. The Morgan fingerprint density at radius 3 is 2.90 bits per heavy atom. The highest BCUT2D eigenvalue weighted by atomic mass is 19.1. The fraction of sp³-hybridized carbons (Fsp3) is 0.143. The second-order valence-corrected chi connectivity index (χ2v) is 6.94. The molecule has 0 saturated carbocycles. The summed E-state index contributed by atoms with van der Waals surface area (Å²) in [7, 11) is 0. The first kappa shape index (κ1) is 18.0. The lowest BCUT2D eigenvalue weighted by Gasteiger charge is -2.32. The summed E-state index contributed by atoms with van der Waals surface area (Å²) < 4.78 is 19.0. The fourth-order valence-corrected chi connectivity index (χ4v) is 3.51. The lowest BCUT2D eigenvalue weighted by atomic mass is 10.0. The molecule has 2 amide bonds. The van der Waals surface area contributed by atoms with Crippen molar-refractivity contribution in [2.45, 2.75) is 19.0 Å². The molecule has 0 bridgehead atoms. The number of carbonyl (C=O) groups is 1. The van der Waals surface area contributed by atoms with Crippen LogP contribution in [0.2, 0.25) is 0 Å². The number of anilines is 1. The first-order valence-corrected chi connectivity index (χ1v) is 9.41. The van der Waals surface area contributed by atoms with Crippen LogP contribution in [-0.2, 0) is 13.0 Å². The van der Waals surface area contributed by atoms with Gasteiger partial charge in [-0.25, -0.2) is 14.2 Å². The van der Waals surface area contributed by atoms with Crippen LogP contribution in [0.1, 0.15) is 23.3 Å². The van der Waals surface area contributed by atoms with Gasteiger partial charge in [0, 0.05) is 17.7 Å². The first-order chi connectivity index (χ1) is 14.7. The van der Waals surface area contributed by atoms with E-state index >= 15 is 0 Å². The van der Waals surface area contributed by atoms with E-state index in [9.17, 15) is 9.18 Å². The fourth-order valence-electron chi connectivity index (χ4n) is 3.51. The van der Waals surface area contributed by atoms with E-state index in [1.54, 1.807) is 17.3 Å². The predicted octanol–water partition coefficient (Wildman–Crippen LogP) is 3.93. The van der Waals surface area contributed by atoms with Crippen molar-refractivity contribution in [1.29, 1.82) is 0 Å². The molecule has 3 heterocycles. The molecule has 0 radical (unpaired) electrons. The first-order valence-electron chi connectivity index (χ1n) is 9.41.